The Kier molecular flexibility index (Phi) is 4.59. The number of pyridine rings is 1. The molecule has 0 amide bonds. The van der Waals surface area contributed by atoms with E-state index in [-0.39, 0.29) is 0 Å². The Morgan fingerprint density at radius 3 is 3.11 bits per heavy atom. The average molecular weight is 247 g/mol. The lowest BCUT2D eigenvalue weighted by Crippen LogP contribution is -2.36. The van der Waals surface area contributed by atoms with Crippen LogP contribution in [0.5, 0.6) is 0 Å². The van der Waals surface area contributed by atoms with Gasteiger partial charge in [0.15, 0.2) is 0 Å². The molecule has 0 aliphatic carbocycles. The molecule has 18 heavy (non-hydrogen) atoms. The highest BCUT2D eigenvalue weighted by molar-refractivity contribution is 5.48. The summed E-state index contributed by atoms with van der Waals surface area (Å²) in [4.78, 5) is 7.08. The van der Waals surface area contributed by atoms with Gasteiger partial charge in [0, 0.05) is 30.9 Å². The predicted molar refractivity (Wildman–Crippen MR) is 76.9 cm³/mol. The number of nitrogens with one attached hydrogen (secondary N) is 1. The Morgan fingerprint density at radius 2 is 2.39 bits per heavy atom. The first-order valence-corrected chi connectivity index (χ1v) is 7.15. The van der Waals surface area contributed by atoms with Crippen molar-refractivity contribution >= 4 is 5.82 Å². The predicted octanol–water partition coefficient (Wildman–Crippen LogP) is 2.99. The van der Waals surface area contributed by atoms with Crippen molar-refractivity contribution in [3.63, 3.8) is 0 Å². The van der Waals surface area contributed by atoms with Crippen LogP contribution in [0, 0.1) is 5.92 Å². The van der Waals surface area contributed by atoms with Crippen LogP contribution in [0.15, 0.2) is 18.3 Å². The lowest BCUT2D eigenvalue weighted by Gasteiger charge is -2.34. The van der Waals surface area contributed by atoms with Gasteiger partial charge in [0.25, 0.3) is 0 Å². The average Bonchev–Trinajstić information content (AvgIpc) is 2.39. The third kappa shape index (κ3) is 3.02. The molecule has 2 heterocycles. The van der Waals surface area contributed by atoms with Crippen molar-refractivity contribution < 1.29 is 0 Å². The monoisotopic (exact) mass is 247 g/mol. The van der Waals surface area contributed by atoms with E-state index < -0.39 is 0 Å². The van der Waals surface area contributed by atoms with Crippen molar-refractivity contribution in [3.8, 4) is 0 Å². The fraction of sp³-hybridized carbons (Fsp3) is 0.667. The molecule has 0 bridgehead atoms. The van der Waals surface area contributed by atoms with Crippen molar-refractivity contribution in [2.24, 2.45) is 5.92 Å². The van der Waals surface area contributed by atoms with E-state index in [4.69, 9.17) is 0 Å². The van der Waals surface area contributed by atoms with E-state index in [1.54, 1.807) is 0 Å². The Morgan fingerprint density at radius 1 is 1.56 bits per heavy atom. The van der Waals surface area contributed by atoms with E-state index in [0.717, 1.165) is 25.6 Å². The molecule has 1 aromatic heterocycles. The van der Waals surface area contributed by atoms with Crippen LogP contribution in [-0.4, -0.2) is 24.6 Å². The van der Waals surface area contributed by atoms with Crippen LogP contribution in [0.1, 0.15) is 45.2 Å². The zero-order valence-electron chi connectivity index (χ0n) is 11.8. The van der Waals surface area contributed by atoms with Crippen LogP contribution in [0.25, 0.3) is 0 Å². The highest BCUT2D eigenvalue weighted by Crippen LogP contribution is 2.27. The largest absolute Gasteiger partial charge is 0.356 e. The van der Waals surface area contributed by atoms with Crippen LogP contribution in [0.3, 0.4) is 0 Å². The van der Waals surface area contributed by atoms with Crippen molar-refractivity contribution in [1.29, 1.82) is 0 Å². The quantitative estimate of drug-likeness (QED) is 0.886. The Labute approximate surface area is 111 Å². The molecule has 1 fully saturated rings. The molecule has 2 unspecified atom stereocenters. The second-order valence-corrected chi connectivity index (χ2v) is 5.39. The number of hydrogen-bond donors (Lipinski definition) is 1. The molecule has 1 aromatic rings. The molecule has 100 valence electrons. The zero-order chi connectivity index (χ0) is 13.0. The lowest BCUT2D eigenvalue weighted by molar-refractivity contribution is 0.442. The molecule has 1 aliphatic heterocycles. The minimum atomic E-state index is 0.371. The summed E-state index contributed by atoms with van der Waals surface area (Å²) in [6.45, 7) is 9.98. The topological polar surface area (TPSA) is 28.2 Å². The first-order valence-electron chi connectivity index (χ1n) is 7.15. The summed E-state index contributed by atoms with van der Waals surface area (Å²) >= 11 is 0. The molecular formula is C15H25N3. The second kappa shape index (κ2) is 6.19. The third-order valence-electron chi connectivity index (χ3n) is 3.75. The molecule has 1 N–H and O–H groups in total. The highest BCUT2D eigenvalue weighted by Gasteiger charge is 2.21. The summed E-state index contributed by atoms with van der Waals surface area (Å²) < 4.78 is 0. The molecule has 0 spiro atoms. The van der Waals surface area contributed by atoms with E-state index in [0.29, 0.717) is 6.04 Å². The molecule has 0 saturated carbocycles. The van der Waals surface area contributed by atoms with Gasteiger partial charge in [-0.1, -0.05) is 19.9 Å². The summed E-state index contributed by atoms with van der Waals surface area (Å²) in [5.74, 6) is 1.96. The van der Waals surface area contributed by atoms with E-state index >= 15 is 0 Å². The SMILES string of the molecule is CCNC(C)c1cccnc1N1CCCC(C)C1. The van der Waals surface area contributed by atoms with E-state index in [9.17, 15) is 0 Å². The normalized spacial score (nSPS) is 21.9. The lowest BCUT2D eigenvalue weighted by atomic mass is 9.99. The number of aromatic nitrogens is 1. The molecule has 3 nitrogen and oxygen atoms in total. The molecule has 2 atom stereocenters. The molecular weight excluding hydrogens is 222 g/mol. The van der Waals surface area contributed by atoms with Crippen LogP contribution >= 0.6 is 0 Å². The minimum absolute atomic E-state index is 0.371. The van der Waals surface area contributed by atoms with Gasteiger partial charge in [-0.2, -0.15) is 0 Å². The van der Waals surface area contributed by atoms with Crippen molar-refractivity contribution in [1.82, 2.24) is 10.3 Å². The summed E-state index contributed by atoms with van der Waals surface area (Å²) in [5.41, 5.74) is 1.33. The summed E-state index contributed by atoms with van der Waals surface area (Å²) in [7, 11) is 0. The number of rotatable bonds is 4. The van der Waals surface area contributed by atoms with Gasteiger partial charge in [-0.05, 0) is 38.3 Å². The maximum absolute atomic E-state index is 4.63. The van der Waals surface area contributed by atoms with Gasteiger partial charge in [-0.15, -0.1) is 0 Å². The Balaban J connectivity index is 2.21. The van der Waals surface area contributed by atoms with Crippen molar-refractivity contribution in [2.45, 2.75) is 39.7 Å². The number of nitrogens with zero attached hydrogens (tertiary/aromatic N) is 2. The third-order valence-corrected chi connectivity index (χ3v) is 3.75. The molecule has 0 radical (unpaired) electrons. The summed E-state index contributed by atoms with van der Waals surface area (Å²) in [5, 5.41) is 3.49. The molecule has 3 heteroatoms. The highest BCUT2D eigenvalue weighted by atomic mass is 15.2. The van der Waals surface area contributed by atoms with Crippen LogP contribution < -0.4 is 10.2 Å². The molecule has 1 saturated heterocycles. The van der Waals surface area contributed by atoms with E-state index in [1.807, 2.05) is 12.3 Å². The van der Waals surface area contributed by atoms with E-state index in [1.165, 1.54) is 24.2 Å². The Hall–Kier alpha value is -1.09. The van der Waals surface area contributed by atoms with Gasteiger partial charge in [-0.25, -0.2) is 4.98 Å². The van der Waals surface area contributed by atoms with E-state index in [2.05, 4.69) is 42.0 Å². The van der Waals surface area contributed by atoms with Gasteiger partial charge >= 0.3 is 0 Å². The smallest absolute Gasteiger partial charge is 0.133 e. The fourth-order valence-electron chi connectivity index (χ4n) is 2.81. The van der Waals surface area contributed by atoms with Gasteiger partial charge in [0.1, 0.15) is 5.82 Å². The maximum Gasteiger partial charge on any atom is 0.133 e. The molecule has 0 aromatic carbocycles. The fourth-order valence-corrected chi connectivity index (χ4v) is 2.81. The Bertz CT molecular complexity index is 378. The van der Waals surface area contributed by atoms with Crippen LogP contribution in [-0.2, 0) is 0 Å². The number of hydrogen-bond acceptors (Lipinski definition) is 3. The summed E-state index contributed by atoms with van der Waals surface area (Å²) in [6, 6.07) is 4.62. The first kappa shape index (κ1) is 13.3. The van der Waals surface area contributed by atoms with Gasteiger partial charge in [0.2, 0.25) is 0 Å². The first-order chi connectivity index (χ1) is 8.72. The summed E-state index contributed by atoms with van der Waals surface area (Å²) in [6.07, 6.45) is 4.55. The van der Waals surface area contributed by atoms with Gasteiger partial charge < -0.3 is 10.2 Å². The molecule has 2 rings (SSSR count). The minimum Gasteiger partial charge on any atom is -0.356 e. The maximum atomic E-state index is 4.63. The zero-order valence-corrected chi connectivity index (χ0v) is 11.8. The molecule has 1 aliphatic rings. The van der Waals surface area contributed by atoms with Crippen molar-refractivity contribution in [2.75, 3.05) is 24.5 Å². The van der Waals surface area contributed by atoms with Crippen LogP contribution in [0.2, 0.25) is 0 Å². The van der Waals surface area contributed by atoms with Crippen LogP contribution in [0.4, 0.5) is 5.82 Å². The second-order valence-electron chi connectivity index (χ2n) is 5.39. The standard InChI is InChI=1S/C15H25N3/c1-4-16-13(3)14-8-5-9-17-15(14)18-10-6-7-12(2)11-18/h5,8-9,12-13,16H,4,6-7,10-11H2,1-3H3. The van der Waals surface area contributed by atoms with Gasteiger partial charge in [0.05, 0.1) is 0 Å². The number of anilines is 1. The number of piperidine rings is 1. The van der Waals surface area contributed by atoms with Gasteiger partial charge in [-0.3, -0.25) is 0 Å². The van der Waals surface area contributed by atoms with Crippen molar-refractivity contribution in [3.05, 3.63) is 23.9 Å².